The molecule has 0 aliphatic heterocycles. The zero-order valence-corrected chi connectivity index (χ0v) is 14.3. The molecular weight excluding hydrogens is 342 g/mol. The van der Waals surface area contributed by atoms with Crippen LogP contribution in [-0.2, 0) is 4.79 Å². The van der Waals surface area contributed by atoms with Crippen LogP contribution in [0.4, 0.5) is 5.82 Å². The summed E-state index contributed by atoms with van der Waals surface area (Å²) >= 11 is 1.18. The number of benzene rings is 1. The predicted octanol–water partition coefficient (Wildman–Crippen LogP) is 2.54. The van der Waals surface area contributed by atoms with Crippen molar-refractivity contribution in [1.82, 2.24) is 15.3 Å². The second-order valence-corrected chi connectivity index (χ2v) is 6.01. The summed E-state index contributed by atoms with van der Waals surface area (Å²) in [5, 5.41) is 20.4. The zero-order valence-electron chi connectivity index (χ0n) is 13.4. The lowest BCUT2D eigenvalue weighted by Crippen LogP contribution is -2.15. The minimum Gasteiger partial charge on any atom is -0.497 e. The fourth-order valence-electron chi connectivity index (χ4n) is 2.10. The molecule has 0 saturated carbocycles. The number of ether oxygens (including phenoxy) is 1. The molecule has 0 spiro atoms. The van der Waals surface area contributed by atoms with E-state index in [0.717, 1.165) is 10.9 Å². The summed E-state index contributed by atoms with van der Waals surface area (Å²) < 4.78 is 9.70. The summed E-state index contributed by atoms with van der Waals surface area (Å²) in [6, 6.07) is 9.26. The molecule has 0 radical (unpaired) electrons. The molecule has 1 amide bonds. The van der Waals surface area contributed by atoms with Gasteiger partial charge in [0.1, 0.15) is 22.5 Å². The number of thioether (sulfide) groups is 1. The second-order valence-electron chi connectivity index (χ2n) is 5.05. The number of amides is 1. The molecule has 0 saturated heterocycles. The monoisotopic (exact) mass is 355 g/mol. The number of nitrogens with one attached hydrogen (secondary N) is 1. The fourth-order valence-corrected chi connectivity index (χ4v) is 2.86. The highest BCUT2D eigenvalue weighted by Gasteiger charge is 2.13. The van der Waals surface area contributed by atoms with E-state index in [1.165, 1.54) is 11.8 Å². The first-order valence-electron chi connectivity index (χ1n) is 7.21. The van der Waals surface area contributed by atoms with E-state index < -0.39 is 0 Å². The van der Waals surface area contributed by atoms with Crippen LogP contribution in [0, 0.1) is 18.3 Å². The van der Waals surface area contributed by atoms with Gasteiger partial charge in [-0.05, 0) is 36.3 Å². The van der Waals surface area contributed by atoms with Crippen molar-refractivity contribution in [3.05, 3.63) is 35.5 Å². The molecule has 2 aromatic heterocycles. The minimum atomic E-state index is -0.288. The maximum Gasteiger partial charge on any atom is 0.236 e. The Kier molecular flexibility index (Phi) is 4.81. The quantitative estimate of drug-likeness (QED) is 0.695. The lowest BCUT2D eigenvalue weighted by Gasteiger charge is -2.07. The van der Waals surface area contributed by atoms with Crippen molar-refractivity contribution in [2.75, 3.05) is 18.2 Å². The molecule has 3 rings (SSSR count). The van der Waals surface area contributed by atoms with Gasteiger partial charge in [-0.15, -0.1) is 0 Å². The molecule has 1 aromatic carbocycles. The van der Waals surface area contributed by atoms with Crippen LogP contribution in [0.1, 0.15) is 11.3 Å². The molecule has 1 N–H and O–H groups in total. The normalized spacial score (nSPS) is 10.4. The zero-order chi connectivity index (χ0) is 17.8. The van der Waals surface area contributed by atoms with Crippen molar-refractivity contribution in [2.24, 2.45) is 0 Å². The van der Waals surface area contributed by atoms with Crippen molar-refractivity contribution < 1.29 is 14.2 Å². The molecule has 0 aliphatic rings. The van der Waals surface area contributed by atoms with Gasteiger partial charge < -0.3 is 10.1 Å². The van der Waals surface area contributed by atoms with Crippen molar-refractivity contribution >= 4 is 34.4 Å². The summed E-state index contributed by atoms with van der Waals surface area (Å²) in [7, 11) is 1.58. The Morgan fingerprint density at radius 3 is 2.92 bits per heavy atom. The van der Waals surface area contributed by atoms with E-state index in [1.54, 1.807) is 26.2 Å². The minimum absolute atomic E-state index is 0.0790. The molecule has 3 aromatic rings. The Balaban J connectivity index is 1.77. The lowest BCUT2D eigenvalue weighted by atomic mass is 10.1. The number of aryl methyl sites for hydroxylation is 1. The third kappa shape index (κ3) is 3.70. The summed E-state index contributed by atoms with van der Waals surface area (Å²) in [4.78, 5) is 16.5. The predicted molar refractivity (Wildman–Crippen MR) is 91.4 cm³/mol. The van der Waals surface area contributed by atoms with Crippen LogP contribution < -0.4 is 10.1 Å². The molecule has 126 valence electrons. The molecular formula is C16H13N5O3S. The Hall–Kier alpha value is -3.12. The first kappa shape index (κ1) is 16.7. The smallest absolute Gasteiger partial charge is 0.236 e. The molecule has 2 heterocycles. The van der Waals surface area contributed by atoms with E-state index in [0.29, 0.717) is 22.0 Å². The molecule has 9 heteroatoms. The van der Waals surface area contributed by atoms with E-state index in [4.69, 9.17) is 4.74 Å². The Bertz CT molecular complexity index is 980. The number of hydrogen-bond donors (Lipinski definition) is 1. The largest absolute Gasteiger partial charge is 0.497 e. The van der Waals surface area contributed by atoms with E-state index in [9.17, 15) is 10.1 Å². The maximum absolute atomic E-state index is 12.0. The summed E-state index contributed by atoms with van der Waals surface area (Å²) in [6.45, 7) is 1.67. The van der Waals surface area contributed by atoms with Crippen LogP contribution in [0.2, 0.25) is 0 Å². The Morgan fingerprint density at radius 1 is 1.40 bits per heavy atom. The number of carbonyl (C=O) groups excluding carboxylic acids is 1. The number of nitriles is 1. The third-order valence-electron chi connectivity index (χ3n) is 3.36. The Labute approximate surface area is 147 Å². The molecule has 0 aliphatic carbocycles. The topological polar surface area (TPSA) is 114 Å². The number of nitrogens with zero attached hydrogens (tertiary/aromatic N) is 4. The van der Waals surface area contributed by atoms with Gasteiger partial charge in [0.05, 0.1) is 23.9 Å². The molecule has 8 nitrogen and oxygen atoms in total. The number of carbonyl (C=O) groups is 1. The van der Waals surface area contributed by atoms with Crippen molar-refractivity contribution in [3.63, 3.8) is 0 Å². The molecule has 0 bridgehead atoms. The molecule has 0 atom stereocenters. The summed E-state index contributed by atoms with van der Waals surface area (Å²) in [5.74, 6) is 0.763. The van der Waals surface area contributed by atoms with Gasteiger partial charge >= 0.3 is 0 Å². The molecule has 25 heavy (non-hydrogen) atoms. The van der Waals surface area contributed by atoms with Gasteiger partial charge in [-0.25, -0.2) is 9.61 Å². The van der Waals surface area contributed by atoms with Crippen LogP contribution in [0.15, 0.2) is 33.9 Å². The van der Waals surface area contributed by atoms with Gasteiger partial charge in [0.2, 0.25) is 5.91 Å². The standard InChI is InChI=1S/C16H13N5O3S/c1-9-15(21-24-20-9)19-14(22)8-25-16-11(7-17)5-10-6-12(23-2)3-4-13(10)18-16/h3-6H,8H2,1-2H3,(H,19,21,22). The van der Waals surface area contributed by atoms with E-state index in [-0.39, 0.29) is 17.5 Å². The first-order valence-corrected chi connectivity index (χ1v) is 8.20. The van der Waals surface area contributed by atoms with E-state index in [1.807, 2.05) is 12.1 Å². The highest BCUT2D eigenvalue weighted by atomic mass is 32.2. The first-order chi connectivity index (χ1) is 12.1. The Morgan fingerprint density at radius 2 is 2.24 bits per heavy atom. The number of anilines is 1. The fraction of sp³-hybridized carbons (Fsp3) is 0.188. The highest BCUT2D eigenvalue weighted by molar-refractivity contribution is 8.00. The average Bonchev–Trinajstić information content (AvgIpc) is 3.03. The number of aromatic nitrogens is 3. The van der Waals surface area contributed by atoms with E-state index >= 15 is 0 Å². The highest BCUT2D eigenvalue weighted by Crippen LogP contribution is 2.27. The van der Waals surface area contributed by atoms with Crippen LogP contribution in [0.3, 0.4) is 0 Å². The van der Waals surface area contributed by atoms with E-state index in [2.05, 4.69) is 31.3 Å². The van der Waals surface area contributed by atoms with Gasteiger partial charge in [0.25, 0.3) is 0 Å². The number of hydrogen-bond acceptors (Lipinski definition) is 8. The van der Waals surface area contributed by atoms with Gasteiger partial charge in [-0.1, -0.05) is 16.9 Å². The van der Waals surface area contributed by atoms with Crippen molar-refractivity contribution in [3.8, 4) is 11.8 Å². The second kappa shape index (κ2) is 7.19. The lowest BCUT2D eigenvalue weighted by molar-refractivity contribution is -0.113. The average molecular weight is 355 g/mol. The SMILES string of the molecule is COc1ccc2nc(SCC(=O)Nc3nonc3C)c(C#N)cc2c1. The van der Waals surface area contributed by atoms with Crippen LogP contribution in [-0.4, -0.2) is 34.1 Å². The number of pyridine rings is 1. The van der Waals surface area contributed by atoms with Crippen molar-refractivity contribution in [1.29, 1.82) is 5.26 Å². The number of rotatable bonds is 5. The summed E-state index contributed by atoms with van der Waals surface area (Å²) in [6.07, 6.45) is 0. The van der Waals surface area contributed by atoms with Gasteiger partial charge in [-0.3, -0.25) is 4.79 Å². The molecule has 0 fully saturated rings. The van der Waals surface area contributed by atoms with Crippen LogP contribution in [0.25, 0.3) is 10.9 Å². The molecule has 0 unspecified atom stereocenters. The summed E-state index contributed by atoms with van der Waals surface area (Å²) in [5.41, 5.74) is 1.62. The number of fused-ring (bicyclic) bond motifs is 1. The van der Waals surface area contributed by atoms with Gasteiger partial charge in [-0.2, -0.15) is 5.26 Å². The maximum atomic E-state index is 12.0. The van der Waals surface area contributed by atoms with Gasteiger partial charge in [0.15, 0.2) is 5.82 Å². The number of methoxy groups -OCH3 is 1. The van der Waals surface area contributed by atoms with Crippen LogP contribution >= 0.6 is 11.8 Å². The van der Waals surface area contributed by atoms with Crippen molar-refractivity contribution in [2.45, 2.75) is 11.9 Å². The third-order valence-corrected chi connectivity index (χ3v) is 4.35. The van der Waals surface area contributed by atoms with Gasteiger partial charge in [0, 0.05) is 5.39 Å². The van der Waals surface area contributed by atoms with Crippen LogP contribution in [0.5, 0.6) is 5.75 Å².